The normalized spacial score (nSPS) is 27.4. The van der Waals surface area contributed by atoms with Gasteiger partial charge in [-0.05, 0) is 32.6 Å². The second-order valence-corrected chi connectivity index (χ2v) is 7.02. The first kappa shape index (κ1) is 14.0. The first-order valence-electron chi connectivity index (χ1n) is 7.01. The lowest BCUT2D eigenvalue weighted by Gasteiger charge is -2.29. The Hall–Kier alpha value is -0.0800. The molecule has 1 saturated carbocycles. The van der Waals surface area contributed by atoms with Gasteiger partial charge in [-0.15, -0.1) is 0 Å². The number of hydrogen-bond acceptors (Lipinski definition) is 0. The third-order valence-corrected chi connectivity index (χ3v) is 3.81. The second kappa shape index (κ2) is 6.02. The van der Waals surface area contributed by atoms with Crippen LogP contribution in [0.1, 0.15) is 46.5 Å². The van der Waals surface area contributed by atoms with E-state index in [2.05, 4.69) is 40.2 Å². The van der Waals surface area contributed by atoms with Crippen molar-refractivity contribution >= 4 is 0 Å². The van der Waals surface area contributed by atoms with E-state index in [9.17, 15) is 0 Å². The Labute approximate surface area is 102 Å². The molecule has 1 aliphatic rings. The van der Waals surface area contributed by atoms with Gasteiger partial charge in [0.15, 0.2) is 0 Å². The predicted molar refractivity (Wildman–Crippen MR) is 69.7 cm³/mol. The number of nitrogens with two attached hydrogens (primary N) is 1. The van der Waals surface area contributed by atoms with Crippen LogP contribution in [-0.4, -0.2) is 33.2 Å². The van der Waals surface area contributed by atoms with Crippen LogP contribution in [0, 0.1) is 11.3 Å². The lowest BCUT2D eigenvalue weighted by atomic mass is 9.86. The van der Waals surface area contributed by atoms with Crippen LogP contribution in [0.5, 0.6) is 0 Å². The zero-order valence-electron chi connectivity index (χ0n) is 12.0. The Bertz CT molecular complexity index is 199. The summed E-state index contributed by atoms with van der Waals surface area (Å²) < 4.78 is 0. The Balaban J connectivity index is 2.27. The molecule has 16 heavy (non-hydrogen) atoms. The number of quaternary nitrogens is 2. The zero-order valence-corrected chi connectivity index (χ0v) is 12.0. The van der Waals surface area contributed by atoms with E-state index in [0.717, 1.165) is 12.0 Å². The molecule has 0 spiro atoms. The molecule has 0 aromatic heterocycles. The minimum absolute atomic E-state index is 0.472. The van der Waals surface area contributed by atoms with Crippen LogP contribution in [0.25, 0.3) is 0 Å². The van der Waals surface area contributed by atoms with E-state index in [1.54, 1.807) is 4.90 Å². The fraction of sp³-hybridized carbons (Fsp3) is 1.00. The Kier molecular flexibility index (Phi) is 5.26. The van der Waals surface area contributed by atoms with E-state index >= 15 is 0 Å². The smallest absolute Gasteiger partial charge is 0.0873 e. The van der Waals surface area contributed by atoms with Gasteiger partial charge in [0.2, 0.25) is 0 Å². The molecule has 0 aromatic rings. The lowest BCUT2D eigenvalue weighted by Crippen LogP contribution is -3.08. The van der Waals surface area contributed by atoms with Gasteiger partial charge >= 0.3 is 0 Å². The van der Waals surface area contributed by atoms with Gasteiger partial charge in [-0.25, -0.2) is 0 Å². The highest BCUT2D eigenvalue weighted by atomic mass is 15.1. The standard InChI is InChI=1S/C14H30N2/c1-12-7-6-8-13(9-12)15-10-14(2,3)11-16(4)5/h12-13,15H,6-11H2,1-5H3/p+2/t12-,13+/m1/s1. The summed E-state index contributed by atoms with van der Waals surface area (Å²) in [7, 11) is 4.51. The molecule has 0 saturated heterocycles. The van der Waals surface area contributed by atoms with Crippen molar-refractivity contribution in [2.45, 2.75) is 52.5 Å². The van der Waals surface area contributed by atoms with Gasteiger partial charge in [-0.3, -0.25) is 0 Å². The van der Waals surface area contributed by atoms with Gasteiger partial charge in [-0.2, -0.15) is 0 Å². The summed E-state index contributed by atoms with van der Waals surface area (Å²) in [5.41, 5.74) is 0.472. The largest absolute Gasteiger partial charge is 0.343 e. The minimum atomic E-state index is 0.472. The van der Waals surface area contributed by atoms with Crippen molar-refractivity contribution in [2.75, 3.05) is 27.2 Å². The molecule has 96 valence electrons. The van der Waals surface area contributed by atoms with Crippen molar-refractivity contribution in [1.82, 2.24) is 0 Å². The van der Waals surface area contributed by atoms with E-state index in [4.69, 9.17) is 0 Å². The van der Waals surface area contributed by atoms with Gasteiger partial charge in [0.05, 0.1) is 38.6 Å². The van der Waals surface area contributed by atoms with Gasteiger partial charge in [0.25, 0.3) is 0 Å². The van der Waals surface area contributed by atoms with Crippen molar-refractivity contribution in [3.8, 4) is 0 Å². The van der Waals surface area contributed by atoms with Crippen molar-refractivity contribution in [2.24, 2.45) is 11.3 Å². The van der Waals surface area contributed by atoms with Gasteiger partial charge in [-0.1, -0.05) is 13.3 Å². The topological polar surface area (TPSA) is 21.1 Å². The molecule has 0 aliphatic heterocycles. The third kappa shape index (κ3) is 5.31. The highest BCUT2D eigenvalue weighted by Crippen LogP contribution is 2.21. The summed E-state index contributed by atoms with van der Waals surface area (Å²) in [5, 5.41) is 2.62. The molecule has 0 heterocycles. The van der Waals surface area contributed by atoms with Crippen molar-refractivity contribution < 1.29 is 10.2 Å². The summed E-state index contributed by atoms with van der Waals surface area (Å²) in [4.78, 5) is 1.57. The molecule has 0 aromatic carbocycles. The highest BCUT2D eigenvalue weighted by molar-refractivity contribution is 4.70. The molecule has 0 unspecified atom stereocenters. The van der Waals surface area contributed by atoms with Crippen LogP contribution in [0.15, 0.2) is 0 Å². The SMILES string of the molecule is C[C@@H]1CCC[C@H]([NH2+]CC(C)(C)C[NH+](C)C)C1. The average Bonchev–Trinajstić information content (AvgIpc) is 2.13. The molecule has 3 N–H and O–H groups in total. The first-order valence-corrected chi connectivity index (χ1v) is 7.01. The molecule has 0 bridgehead atoms. The Morgan fingerprint density at radius 1 is 1.25 bits per heavy atom. The van der Waals surface area contributed by atoms with Crippen molar-refractivity contribution in [3.05, 3.63) is 0 Å². The third-order valence-electron chi connectivity index (χ3n) is 3.81. The zero-order chi connectivity index (χ0) is 12.2. The predicted octanol–water partition coefficient (Wildman–Crippen LogP) is 0.299. The maximum Gasteiger partial charge on any atom is 0.0873 e. The van der Waals surface area contributed by atoms with Crippen LogP contribution in [-0.2, 0) is 0 Å². The summed E-state index contributed by atoms with van der Waals surface area (Å²) in [6, 6.07) is 0.903. The Morgan fingerprint density at radius 3 is 2.50 bits per heavy atom. The minimum Gasteiger partial charge on any atom is -0.343 e. The van der Waals surface area contributed by atoms with E-state index < -0.39 is 0 Å². The van der Waals surface area contributed by atoms with Gasteiger partial charge < -0.3 is 10.2 Å². The second-order valence-electron chi connectivity index (χ2n) is 7.02. The van der Waals surface area contributed by atoms with Gasteiger partial charge in [0.1, 0.15) is 0 Å². The summed E-state index contributed by atoms with van der Waals surface area (Å²) >= 11 is 0. The van der Waals surface area contributed by atoms with Crippen LogP contribution in [0.4, 0.5) is 0 Å². The molecule has 2 nitrogen and oxygen atoms in total. The summed E-state index contributed by atoms with van der Waals surface area (Å²) in [5.74, 6) is 0.956. The Morgan fingerprint density at radius 2 is 1.94 bits per heavy atom. The lowest BCUT2D eigenvalue weighted by molar-refractivity contribution is -0.869. The van der Waals surface area contributed by atoms with E-state index in [-0.39, 0.29) is 0 Å². The monoisotopic (exact) mass is 228 g/mol. The fourth-order valence-electron chi connectivity index (χ4n) is 3.21. The highest BCUT2D eigenvalue weighted by Gasteiger charge is 2.27. The molecule has 1 aliphatic carbocycles. The molecule has 0 amide bonds. The van der Waals surface area contributed by atoms with Crippen molar-refractivity contribution in [1.29, 1.82) is 0 Å². The number of rotatable bonds is 5. The van der Waals surface area contributed by atoms with Crippen LogP contribution in [0.2, 0.25) is 0 Å². The van der Waals surface area contributed by atoms with E-state index in [0.29, 0.717) is 5.41 Å². The molecular formula is C14H32N2+2. The van der Waals surface area contributed by atoms with Gasteiger partial charge in [0, 0.05) is 6.42 Å². The summed E-state index contributed by atoms with van der Waals surface area (Å²) in [6.45, 7) is 9.78. The maximum absolute atomic E-state index is 2.62. The average molecular weight is 228 g/mol. The molecule has 2 atom stereocenters. The quantitative estimate of drug-likeness (QED) is 0.675. The maximum atomic E-state index is 2.62. The molecular weight excluding hydrogens is 196 g/mol. The van der Waals surface area contributed by atoms with E-state index in [1.807, 2.05) is 0 Å². The number of nitrogens with one attached hydrogen (secondary N) is 1. The molecule has 1 fully saturated rings. The van der Waals surface area contributed by atoms with E-state index in [1.165, 1.54) is 38.8 Å². The first-order chi connectivity index (χ1) is 7.39. The van der Waals surface area contributed by atoms with Crippen LogP contribution in [0.3, 0.4) is 0 Å². The molecule has 2 heteroatoms. The number of hydrogen-bond donors (Lipinski definition) is 2. The molecule has 1 rings (SSSR count). The van der Waals surface area contributed by atoms with Crippen LogP contribution >= 0.6 is 0 Å². The summed E-state index contributed by atoms with van der Waals surface area (Å²) in [6.07, 6.45) is 5.78. The van der Waals surface area contributed by atoms with Crippen LogP contribution < -0.4 is 10.2 Å². The van der Waals surface area contributed by atoms with Crippen molar-refractivity contribution in [3.63, 3.8) is 0 Å². The fourth-order valence-corrected chi connectivity index (χ4v) is 3.21. The molecule has 0 radical (unpaired) electrons.